The van der Waals surface area contributed by atoms with E-state index >= 15 is 0 Å². The fraction of sp³-hybridized carbons (Fsp3) is 0.333. The Morgan fingerprint density at radius 2 is 1.96 bits per heavy atom. The minimum absolute atomic E-state index is 0.159. The molecular weight excluding hydrogens is 296 g/mol. The summed E-state index contributed by atoms with van der Waals surface area (Å²) in [7, 11) is 0. The monoisotopic (exact) mass is 316 g/mol. The number of Topliss-reactive ketones (excluding diaryl/α,β-unsaturated/α-hetero) is 1. The molecule has 1 aliphatic rings. The average Bonchev–Trinajstić information content (AvgIpc) is 2.83. The summed E-state index contributed by atoms with van der Waals surface area (Å²) in [6, 6.07) is 2.89. The van der Waals surface area contributed by atoms with Gasteiger partial charge in [-0.15, -0.1) is 0 Å². The Kier molecular flexibility index (Phi) is 4.59. The number of allylic oxidation sites excluding steroid dienone is 1. The van der Waals surface area contributed by atoms with Crippen molar-refractivity contribution in [3.63, 3.8) is 0 Å². The third kappa shape index (κ3) is 3.13. The molecule has 5 nitrogen and oxygen atoms in total. The molecule has 0 unspecified atom stereocenters. The first-order valence-electron chi connectivity index (χ1n) is 7.30. The van der Waals surface area contributed by atoms with Crippen LogP contribution in [0.2, 0.25) is 0 Å². The number of phenols is 1. The van der Waals surface area contributed by atoms with Gasteiger partial charge in [0.15, 0.2) is 18.0 Å². The lowest BCUT2D eigenvalue weighted by molar-refractivity contribution is -0.146. The van der Waals surface area contributed by atoms with E-state index in [1.165, 1.54) is 19.1 Å². The molecule has 1 aromatic carbocycles. The number of phenolic OH excluding ortho intramolecular Hbond substituents is 1. The van der Waals surface area contributed by atoms with Gasteiger partial charge < -0.3 is 14.6 Å². The summed E-state index contributed by atoms with van der Waals surface area (Å²) in [5, 5.41) is 9.92. The number of carbonyl (C=O) groups is 2. The predicted octanol–water partition coefficient (Wildman–Crippen LogP) is 3.48. The van der Waals surface area contributed by atoms with Gasteiger partial charge in [0.2, 0.25) is 0 Å². The highest BCUT2D eigenvalue weighted by Crippen LogP contribution is 2.44. The standard InChI is InChI=1S/C18H20O5/c1-6-10(4)18(21)23-17-13-7-12(11(5)19)14(20)8-15(13)22-16(17)9(2)3/h6-8,16-17,20H,2H2,1,3-5H3/b10-6+/t16-,17-/m0/s1. The zero-order valence-corrected chi connectivity index (χ0v) is 13.7. The smallest absolute Gasteiger partial charge is 0.334 e. The molecule has 0 amide bonds. The van der Waals surface area contributed by atoms with Crippen molar-refractivity contribution in [2.75, 3.05) is 0 Å². The van der Waals surface area contributed by atoms with Crippen LogP contribution in [0.25, 0.3) is 0 Å². The largest absolute Gasteiger partial charge is 0.507 e. The van der Waals surface area contributed by atoms with Crippen LogP contribution in [-0.4, -0.2) is 23.0 Å². The van der Waals surface area contributed by atoms with Crippen molar-refractivity contribution in [2.45, 2.75) is 39.9 Å². The minimum atomic E-state index is -0.705. The van der Waals surface area contributed by atoms with Gasteiger partial charge >= 0.3 is 5.97 Å². The van der Waals surface area contributed by atoms with Gasteiger partial charge in [-0.3, -0.25) is 4.79 Å². The summed E-state index contributed by atoms with van der Waals surface area (Å²) in [5.74, 6) is -0.513. The molecule has 5 heteroatoms. The summed E-state index contributed by atoms with van der Waals surface area (Å²) in [6.45, 7) is 10.4. The van der Waals surface area contributed by atoms with Crippen molar-refractivity contribution < 1.29 is 24.2 Å². The van der Waals surface area contributed by atoms with Gasteiger partial charge in [0.25, 0.3) is 0 Å². The van der Waals surface area contributed by atoms with Gasteiger partial charge in [0, 0.05) is 17.2 Å². The van der Waals surface area contributed by atoms with Gasteiger partial charge in [-0.1, -0.05) is 12.7 Å². The van der Waals surface area contributed by atoms with E-state index in [4.69, 9.17) is 9.47 Å². The fourth-order valence-corrected chi connectivity index (χ4v) is 2.36. The van der Waals surface area contributed by atoms with Crippen LogP contribution in [0.4, 0.5) is 0 Å². The molecule has 2 atom stereocenters. The molecule has 0 aliphatic carbocycles. The molecule has 23 heavy (non-hydrogen) atoms. The van der Waals surface area contributed by atoms with Crippen LogP contribution in [0.1, 0.15) is 49.7 Å². The third-order valence-corrected chi connectivity index (χ3v) is 3.82. The molecule has 0 saturated heterocycles. The molecule has 0 bridgehead atoms. The number of ether oxygens (including phenoxy) is 2. The van der Waals surface area contributed by atoms with Gasteiger partial charge in [-0.25, -0.2) is 4.79 Å². The first-order valence-corrected chi connectivity index (χ1v) is 7.30. The molecule has 1 N–H and O–H groups in total. The normalized spacial score (nSPS) is 19.7. The Morgan fingerprint density at radius 3 is 2.48 bits per heavy atom. The van der Waals surface area contributed by atoms with Gasteiger partial charge in [0.05, 0.1) is 5.56 Å². The van der Waals surface area contributed by atoms with Crippen molar-refractivity contribution in [3.05, 3.63) is 47.1 Å². The SMILES string of the molecule is C=C(C)[C@@H]1Oc2cc(O)c(C(C)=O)cc2[C@@H]1OC(=O)/C(C)=C/C. The van der Waals surface area contributed by atoms with E-state index < -0.39 is 18.2 Å². The van der Waals surface area contributed by atoms with Crippen LogP contribution in [0.5, 0.6) is 11.5 Å². The van der Waals surface area contributed by atoms with Crippen LogP contribution in [0.3, 0.4) is 0 Å². The molecule has 122 valence electrons. The Balaban J connectivity index is 2.47. The second kappa shape index (κ2) is 6.28. The number of rotatable bonds is 4. The number of ketones is 1. The van der Waals surface area contributed by atoms with Gasteiger partial charge in [-0.05, 0) is 39.3 Å². The maximum absolute atomic E-state index is 12.1. The Morgan fingerprint density at radius 1 is 1.30 bits per heavy atom. The van der Waals surface area contributed by atoms with Gasteiger partial charge in [-0.2, -0.15) is 0 Å². The summed E-state index contributed by atoms with van der Waals surface area (Å²) >= 11 is 0. The summed E-state index contributed by atoms with van der Waals surface area (Å²) in [6.07, 6.45) is 0.399. The summed E-state index contributed by atoms with van der Waals surface area (Å²) in [5.41, 5.74) is 1.88. The van der Waals surface area contributed by atoms with Crippen LogP contribution < -0.4 is 4.74 Å². The van der Waals surface area contributed by atoms with Crippen LogP contribution in [-0.2, 0) is 9.53 Å². The number of aromatic hydroxyl groups is 1. The number of esters is 1. The van der Waals surface area contributed by atoms with E-state index in [1.54, 1.807) is 26.8 Å². The van der Waals surface area contributed by atoms with E-state index in [0.717, 1.165) is 0 Å². The Labute approximate surface area is 135 Å². The molecule has 1 aliphatic heterocycles. The van der Waals surface area contributed by atoms with Crippen LogP contribution in [0, 0.1) is 0 Å². The molecule has 1 heterocycles. The first-order chi connectivity index (χ1) is 10.8. The highest BCUT2D eigenvalue weighted by molar-refractivity contribution is 5.97. The number of benzene rings is 1. The Bertz CT molecular complexity index is 714. The fourth-order valence-electron chi connectivity index (χ4n) is 2.36. The maximum atomic E-state index is 12.1. The van der Waals surface area contributed by atoms with E-state index in [9.17, 15) is 14.7 Å². The zero-order valence-electron chi connectivity index (χ0n) is 13.7. The average molecular weight is 316 g/mol. The molecular formula is C18H20O5. The molecule has 0 aromatic heterocycles. The van der Waals surface area contributed by atoms with Crippen molar-refractivity contribution in [1.29, 1.82) is 0 Å². The summed E-state index contributed by atoms with van der Waals surface area (Å²) < 4.78 is 11.3. The van der Waals surface area contributed by atoms with Crippen LogP contribution >= 0.6 is 0 Å². The molecule has 0 fully saturated rings. The molecule has 1 aromatic rings. The van der Waals surface area contributed by atoms with Crippen molar-refractivity contribution in [2.24, 2.45) is 0 Å². The van der Waals surface area contributed by atoms with E-state index in [2.05, 4.69) is 6.58 Å². The molecule has 0 radical (unpaired) electrons. The highest BCUT2D eigenvalue weighted by atomic mass is 16.6. The zero-order chi connectivity index (χ0) is 17.3. The number of fused-ring (bicyclic) bond motifs is 1. The lowest BCUT2D eigenvalue weighted by Crippen LogP contribution is -2.24. The molecule has 0 spiro atoms. The Hall–Kier alpha value is -2.56. The highest BCUT2D eigenvalue weighted by Gasteiger charge is 2.39. The van der Waals surface area contributed by atoms with Gasteiger partial charge in [0.1, 0.15) is 11.5 Å². The van der Waals surface area contributed by atoms with Crippen molar-refractivity contribution in [1.82, 2.24) is 0 Å². The second-order valence-electron chi connectivity index (χ2n) is 5.65. The number of hydrogen-bond acceptors (Lipinski definition) is 5. The van der Waals surface area contributed by atoms with Crippen molar-refractivity contribution >= 4 is 11.8 Å². The lowest BCUT2D eigenvalue weighted by Gasteiger charge is -2.20. The summed E-state index contributed by atoms with van der Waals surface area (Å²) in [4.78, 5) is 23.7. The topological polar surface area (TPSA) is 72.8 Å². The molecule has 2 rings (SSSR count). The quantitative estimate of drug-likeness (QED) is 0.398. The van der Waals surface area contributed by atoms with Crippen molar-refractivity contribution in [3.8, 4) is 11.5 Å². The van der Waals surface area contributed by atoms with Crippen LogP contribution in [0.15, 0.2) is 35.9 Å². The van der Waals surface area contributed by atoms with E-state index in [1.807, 2.05) is 0 Å². The molecule has 0 saturated carbocycles. The number of hydrogen-bond donors (Lipinski definition) is 1. The van der Waals surface area contributed by atoms with E-state index in [-0.39, 0.29) is 17.1 Å². The second-order valence-corrected chi connectivity index (χ2v) is 5.65. The predicted molar refractivity (Wildman–Crippen MR) is 85.6 cm³/mol. The minimum Gasteiger partial charge on any atom is -0.507 e. The van der Waals surface area contributed by atoms with E-state index in [0.29, 0.717) is 22.5 Å². The lowest BCUT2D eigenvalue weighted by atomic mass is 9.98. The third-order valence-electron chi connectivity index (χ3n) is 3.82. The first kappa shape index (κ1) is 16.8. The maximum Gasteiger partial charge on any atom is 0.334 e. The number of carbonyl (C=O) groups excluding carboxylic acids is 2.